The third kappa shape index (κ3) is 4.31. The molecule has 1 unspecified atom stereocenters. The Hall–Kier alpha value is -2.75. The molecule has 0 spiro atoms. The second-order valence-electron chi connectivity index (χ2n) is 8.35. The van der Waals surface area contributed by atoms with Crippen molar-refractivity contribution in [3.05, 3.63) is 54.2 Å². The van der Waals surface area contributed by atoms with Crippen molar-refractivity contribution in [3.63, 3.8) is 0 Å². The topological polar surface area (TPSA) is 51.5 Å². The predicted octanol–water partition coefficient (Wildman–Crippen LogP) is 5.82. The van der Waals surface area contributed by atoms with E-state index >= 15 is 0 Å². The third-order valence-electron chi connectivity index (χ3n) is 6.05. The SMILES string of the molecule is CC(Cc1ccc(OC2CCCCC2)c(-c2ccc3c(ccn3C)c2)c1)C(=O)O. The van der Waals surface area contributed by atoms with E-state index in [0.717, 1.165) is 35.3 Å². The Morgan fingerprint density at radius 3 is 2.69 bits per heavy atom. The van der Waals surface area contributed by atoms with Gasteiger partial charge in [-0.25, -0.2) is 0 Å². The smallest absolute Gasteiger partial charge is 0.306 e. The summed E-state index contributed by atoms with van der Waals surface area (Å²) in [5, 5.41) is 10.5. The molecule has 3 aromatic rings. The molecule has 1 fully saturated rings. The fourth-order valence-corrected chi connectivity index (χ4v) is 4.29. The number of fused-ring (bicyclic) bond motifs is 1. The van der Waals surface area contributed by atoms with E-state index in [0.29, 0.717) is 6.42 Å². The van der Waals surface area contributed by atoms with Crippen LogP contribution in [0.4, 0.5) is 0 Å². The van der Waals surface area contributed by atoms with Crippen molar-refractivity contribution in [3.8, 4) is 16.9 Å². The summed E-state index contributed by atoms with van der Waals surface area (Å²) in [6.45, 7) is 1.75. The minimum Gasteiger partial charge on any atom is -0.490 e. The van der Waals surface area contributed by atoms with Crippen LogP contribution >= 0.6 is 0 Å². The van der Waals surface area contributed by atoms with Crippen molar-refractivity contribution in [2.24, 2.45) is 13.0 Å². The van der Waals surface area contributed by atoms with E-state index in [9.17, 15) is 9.90 Å². The molecule has 1 aliphatic carbocycles. The number of benzene rings is 2. The molecular formula is C25H29NO3. The van der Waals surface area contributed by atoms with Crippen molar-refractivity contribution in [2.75, 3.05) is 0 Å². The lowest BCUT2D eigenvalue weighted by Crippen LogP contribution is -2.20. The van der Waals surface area contributed by atoms with Crippen LogP contribution < -0.4 is 4.74 Å². The number of hydrogen-bond donors (Lipinski definition) is 1. The molecule has 4 rings (SSSR count). The summed E-state index contributed by atoms with van der Waals surface area (Å²) in [4.78, 5) is 11.3. The molecule has 0 radical (unpaired) electrons. The highest BCUT2D eigenvalue weighted by molar-refractivity contribution is 5.87. The van der Waals surface area contributed by atoms with Crippen molar-refractivity contribution in [1.82, 2.24) is 4.57 Å². The van der Waals surface area contributed by atoms with E-state index < -0.39 is 11.9 Å². The molecule has 4 heteroatoms. The molecule has 0 saturated heterocycles. The molecule has 0 amide bonds. The molecule has 1 N–H and O–H groups in total. The fourth-order valence-electron chi connectivity index (χ4n) is 4.29. The molecule has 152 valence electrons. The van der Waals surface area contributed by atoms with E-state index in [1.54, 1.807) is 6.92 Å². The highest BCUT2D eigenvalue weighted by atomic mass is 16.5. The first-order valence-corrected chi connectivity index (χ1v) is 10.6. The van der Waals surface area contributed by atoms with Gasteiger partial charge in [-0.2, -0.15) is 0 Å². The number of ether oxygens (including phenoxy) is 1. The number of aryl methyl sites for hydroxylation is 1. The van der Waals surface area contributed by atoms with Gasteiger partial charge >= 0.3 is 5.97 Å². The molecular weight excluding hydrogens is 362 g/mol. The largest absolute Gasteiger partial charge is 0.490 e. The van der Waals surface area contributed by atoms with Gasteiger partial charge in [0.15, 0.2) is 0 Å². The van der Waals surface area contributed by atoms with Gasteiger partial charge in [0.05, 0.1) is 12.0 Å². The first kappa shape index (κ1) is 19.6. The Kier molecular flexibility index (Phi) is 5.61. The van der Waals surface area contributed by atoms with Crippen molar-refractivity contribution < 1.29 is 14.6 Å². The Morgan fingerprint density at radius 2 is 1.93 bits per heavy atom. The number of aromatic nitrogens is 1. The van der Waals surface area contributed by atoms with Gasteiger partial charge in [0.1, 0.15) is 5.75 Å². The van der Waals surface area contributed by atoms with Crippen LogP contribution in [0, 0.1) is 5.92 Å². The number of aliphatic carboxylic acids is 1. The zero-order valence-corrected chi connectivity index (χ0v) is 17.2. The standard InChI is InChI=1S/C25H29NO3/c1-17(25(27)28)14-18-8-11-24(29-21-6-4-3-5-7-21)22(15-18)19-9-10-23-20(16-19)12-13-26(23)2/h8-13,15-17,21H,3-7,14H2,1-2H3,(H,27,28). The number of carbonyl (C=O) groups is 1. The zero-order valence-electron chi connectivity index (χ0n) is 17.2. The van der Waals surface area contributed by atoms with E-state index in [2.05, 4.69) is 41.1 Å². The quantitative estimate of drug-likeness (QED) is 0.576. The highest BCUT2D eigenvalue weighted by Gasteiger charge is 2.19. The molecule has 1 heterocycles. The lowest BCUT2D eigenvalue weighted by Gasteiger charge is -2.25. The van der Waals surface area contributed by atoms with Crippen LogP contribution in [0.2, 0.25) is 0 Å². The van der Waals surface area contributed by atoms with Gasteiger partial charge in [0.2, 0.25) is 0 Å². The Balaban J connectivity index is 1.72. The molecule has 1 aromatic heterocycles. The van der Waals surface area contributed by atoms with Crippen LogP contribution in [0.3, 0.4) is 0 Å². The van der Waals surface area contributed by atoms with Gasteiger partial charge < -0.3 is 14.4 Å². The van der Waals surface area contributed by atoms with Gasteiger partial charge in [-0.3, -0.25) is 4.79 Å². The normalized spacial score (nSPS) is 16.1. The van der Waals surface area contributed by atoms with Crippen LogP contribution in [0.5, 0.6) is 5.75 Å². The zero-order chi connectivity index (χ0) is 20.4. The maximum atomic E-state index is 11.3. The molecule has 29 heavy (non-hydrogen) atoms. The number of carboxylic acids is 1. The number of nitrogens with zero attached hydrogens (tertiary/aromatic N) is 1. The Labute approximate surface area is 172 Å². The van der Waals surface area contributed by atoms with Crippen LogP contribution in [-0.2, 0) is 18.3 Å². The van der Waals surface area contributed by atoms with Gasteiger partial charge in [-0.05, 0) is 73.6 Å². The molecule has 1 aliphatic rings. The van der Waals surface area contributed by atoms with Crippen LogP contribution in [-0.4, -0.2) is 21.7 Å². The number of rotatable bonds is 6. The summed E-state index contributed by atoms with van der Waals surface area (Å²) in [7, 11) is 2.05. The lowest BCUT2D eigenvalue weighted by molar-refractivity contribution is -0.141. The monoisotopic (exact) mass is 391 g/mol. The summed E-state index contributed by atoms with van der Waals surface area (Å²) in [5.41, 5.74) is 4.38. The maximum absolute atomic E-state index is 11.3. The first-order chi connectivity index (χ1) is 14.0. The third-order valence-corrected chi connectivity index (χ3v) is 6.05. The highest BCUT2D eigenvalue weighted by Crippen LogP contribution is 2.36. The van der Waals surface area contributed by atoms with Crippen molar-refractivity contribution >= 4 is 16.9 Å². The average molecular weight is 392 g/mol. The minimum absolute atomic E-state index is 0.270. The molecule has 4 nitrogen and oxygen atoms in total. The number of carboxylic acid groups (broad SMARTS) is 1. The Morgan fingerprint density at radius 1 is 1.14 bits per heavy atom. The average Bonchev–Trinajstić information content (AvgIpc) is 3.10. The molecule has 0 aliphatic heterocycles. The second kappa shape index (κ2) is 8.32. The van der Waals surface area contributed by atoms with Gasteiger partial charge in [0, 0.05) is 29.7 Å². The summed E-state index contributed by atoms with van der Waals surface area (Å²) in [6.07, 6.45) is 8.81. The summed E-state index contributed by atoms with van der Waals surface area (Å²) >= 11 is 0. The second-order valence-corrected chi connectivity index (χ2v) is 8.35. The summed E-state index contributed by atoms with van der Waals surface area (Å²) in [6, 6.07) is 14.8. The van der Waals surface area contributed by atoms with E-state index in [1.165, 1.54) is 30.2 Å². The lowest BCUT2D eigenvalue weighted by atomic mass is 9.95. The van der Waals surface area contributed by atoms with E-state index in [1.807, 2.05) is 19.2 Å². The minimum atomic E-state index is -0.764. The van der Waals surface area contributed by atoms with E-state index in [-0.39, 0.29) is 6.10 Å². The van der Waals surface area contributed by atoms with Crippen LogP contribution in [0.15, 0.2) is 48.7 Å². The van der Waals surface area contributed by atoms with Crippen LogP contribution in [0.25, 0.3) is 22.0 Å². The van der Waals surface area contributed by atoms with Crippen molar-refractivity contribution in [1.29, 1.82) is 0 Å². The molecule has 1 saturated carbocycles. The van der Waals surface area contributed by atoms with Gasteiger partial charge in [-0.1, -0.05) is 25.5 Å². The van der Waals surface area contributed by atoms with Crippen molar-refractivity contribution in [2.45, 2.75) is 51.6 Å². The maximum Gasteiger partial charge on any atom is 0.306 e. The Bertz CT molecular complexity index is 1010. The predicted molar refractivity (Wildman–Crippen MR) is 116 cm³/mol. The summed E-state index contributed by atoms with van der Waals surface area (Å²) in [5.74, 6) is -0.275. The summed E-state index contributed by atoms with van der Waals surface area (Å²) < 4.78 is 8.56. The fraction of sp³-hybridized carbons (Fsp3) is 0.400. The number of hydrogen-bond acceptors (Lipinski definition) is 2. The van der Waals surface area contributed by atoms with Gasteiger partial charge in [-0.15, -0.1) is 0 Å². The molecule has 1 atom stereocenters. The van der Waals surface area contributed by atoms with E-state index in [4.69, 9.17) is 4.74 Å². The molecule has 2 aromatic carbocycles. The first-order valence-electron chi connectivity index (χ1n) is 10.6. The van der Waals surface area contributed by atoms with Gasteiger partial charge in [0.25, 0.3) is 0 Å². The van der Waals surface area contributed by atoms with Crippen LogP contribution in [0.1, 0.15) is 44.6 Å². The molecule has 0 bridgehead atoms.